The van der Waals surface area contributed by atoms with E-state index >= 15 is 0 Å². The summed E-state index contributed by atoms with van der Waals surface area (Å²) in [5.74, 6) is -5.93. The predicted octanol–water partition coefficient (Wildman–Crippen LogP) is 11.2. The minimum Gasteiger partial charge on any atom is -0.508 e. The van der Waals surface area contributed by atoms with Crippen molar-refractivity contribution in [1.29, 1.82) is 0 Å². The van der Waals surface area contributed by atoms with E-state index in [0.717, 1.165) is 23.8 Å². The van der Waals surface area contributed by atoms with Crippen LogP contribution < -0.4 is 18.9 Å². The van der Waals surface area contributed by atoms with Crippen LogP contribution in [0.4, 0.5) is 0 Å². The van der Waals surface area contributed by atoms with Crippen molar-refractivity contribution in [3.8, 4) is 92.0 Å². The zero-order chi connectivity index (χ0) is 52.8. The van der Waals surface area contributed by atoms with Crippen LogP contribution in [0.15, 0.2) is 127 Å². The average Bonchev–Trinajstić information content (AvgIpc) is 3.47. The molecule has 0 radical (unpaired) electrons. The molecular weight excluding hydrogens is 977 g/mol. The van der Waals surface area contributed by atoms with Gasteiger partial charge in [-0.3, -0.25) is 0 Å². The number of hydrogen-bond acceptors (Lipinski definition) is 16. The van der Waals surface area contributed by atoms with Crippen LogP contribution in [0.1, 0.15) is 129 Å². The zero-order valence-electron chi connectivity index (χ0n) is 40.2. The molecule has 0 bridgehead atoms. The normalized spacial score (nSPS) is 21.3. The van der Waals surface area contributed by atoms with Gasteiger partial charge in [0.2, 0.25) is 0 Å². The second kappa shape index (κ2) is 18.2. The van der Waals surface area contributed by atoms with Crippen LogP contribution in [0.3, 0.4) is 0 Å². The van der Waals surface area contributed by atoms with E-state index in [1.54, 1.807) is 48.5 Å². The van der Waals surface area contributed by atoms with Gasteiger partial charge in [-0.15, -0.1) is 0 Å². The Kier molecular flexibility index (Phi) is 11.4. The summed E-state index contributed by atoms with van der Waals surface area (Å²) in [4.78, 5) is 0. The van der Waals surface area contributed by atoms with Gasteiger partial charge >= 0.3 is 0 Å². The molecule has 8 aromatic carbocycles. The lowest BCUT2D eigenvalue weighted by Crippen LogP contribution is -2.27. The van der Waals surface area contributed by atoms with E-state index < -0.39 is 65.2 Å². The maximum Gasteiger partial charge on any atom is 0.135 e. The lowest BCUT2D eigenvalue weighted by molar-refractivity contribution is 0.142. The van der Waals surface area contributed by atoms with Crippen molar-refractivity contribution in [3.63, 3.8) is 0 Å². The van der Waals surface area contributed by atoms with Gasteiger partial charge < -0.3 is 80.2 Å². The summed E-state index contributed by atoms with van der Waals surface area (Å²) in [6.07, 6.45) is -2.41. The molecule has 386 valence electrons. The molecule has 12 rings (SSSR count). The lowest BCUT2D eigenvalue weighted by atomic mass is 9.74. The molecule has 16 nitrogen and oxygen atoms in total. The van der Waals surface area contributed by atoms with Gasteiger partial charge in [0.25, 0.3) is 0 Å². The van der Waals surface area contributed by atoms with E-state index in [-0.39, 0.29) is 122 Å². The van der Waals surface area contributed by atoms with Crippen molar-refractivity contribution in [3.05, 3.63) is 189 Å². The highest BCUT2D eigenvalue weighted by atomic mass is 16.5. The molecule has 4 aliphatic heterocycles. The van der Waals surface area contributed by atoms with Crippen molar-refractivity contribution in [1.82, 2.24) is 0 Å². The van der Waals surface area contributed by atoms with E-state index in [1.807, 2.05) is 0 Å². The monoisotopic (exact) mass is 1030 g/mol. The van der Waals surface area contributed by atoms with Gasteiger partial charge in [0.15, 0.2) is 0 Å². The number of phenols is 12. The molecular formula is C60H50O16. The first-order chi connectivity index (χ1) is 36.6. The standard InChI is InChI=1S/C60H50O16/c61-31-9-1-27(2-10-31)47-18-17-36-40(66)24-42(68)53(58(36)74-47)38-22-49(29-5-13-33(63)14-6-29)76-60-55(38)44(70)26-46(72)57(60)39-23-50(30-7-15-34(64)16-8-30)75-59-54(43(69)25-45(71)56(39)59)37-21-48(28-3-11-32(62)12-4-28)73-51-20-35(65)19-41(67)52(37)51/h1-16,19-20,24-26,37-39,47-50,61-72H,17-18,21-23H2. The van der Waals surface area contributed by atoms with Crippen molar-refractivity contribution in [2.75, 3.05) is 0 Å². The molecule has 76 heavy (non-hydrogen) atoms. The third-order valence-electron chi connectivity index (χ3n) is 15.3. The fourth-order valence-electron chi connectivity index (χ4n) is 11.8. The Morgan fingerprint density at radius 2 is 0.605 bits per heavy atom. The highest BCUT2D eigenvalue weighted by Gasteiger charge is 2.47. The molecule has 7 atom stereocenters. The van der Waals surface area contributed by atoms with Crippen LogP contribution in [0.5, 0.6) is 92.0 Å². The SMILES string of the molecule is Oc1ccc(C2CC(c3c(O)cc(O)c4c3OC(c3ccc(O)cc3)CC4c3c(O)cc(O)c4c3OC(c3ccc(O)cc3)CC4c3c(O)cc(O)c4c3OC(c3ccc(O)cc3)CC4)c3c(O)cc(O)cc3O2)cc1. The van der Waals surface area contributed by atoms with E-state index in [2.05, 4.69) is 0 Å². The number of fused-ring (bicyclic) bond motifs is 4. The maximum absolute atomic E-state index is 12.5. The molecule has 0 fully saturated rings. The summed E-state index contributed by atoms with van der Waals surface area (Å²) in [5, 5.41) is 136. The summed E-state index contributed by atoms with van der Waals surface area (Å²) in [6, 6.07) is 31.3. The minimum atomic E-state index is -1.12. The van der Waals surface area contributed by atoms with Gasteiger partial charge in [0.1, 0.15) is 116 Å². The highest BCUT2D eigenvalue weighted by molar-refractivity contribution is 5.72. The van der Waals surface area contributed by atoms with Gasteiger partial charge in [0, 0.05) is 106 Å². The Bertz CT molecular complexity index is 3580. The molecule has 4 heterocycles. The smallest absolute Gasteiger partial charge is 0.135 e. The Balaban J connectivity index is 1.09. The van der Waals surface area contributed by atoms with Gasteiger partial charge in [-0.2, -0.15) is 0 Å². The molecule has 7 unspecified atom stereocenters. The van der Waals surface area contributed by atoms with Crippen molar-refractivity contribution in [2.45, 2.75) is 74.3 Å². The first kappa shape index (κ1) is 47.6. The number of hydrogen-bond donors (Lipinski definition) is 12. The van der Waals surface area contributed by atoms with Crippen LogP contribution in [0.2, 0.25) is 0 Å². The van der Waals surface area contributed by atoms with E-state index in [9.17, 15) is 61.3 Å². The van der Waals surface area contributed by atoms with Crippen molar-refractivity contribution in [2.24, 2.45) is 0 Å². The Morgan fingerprint density at radius 1 is 0.289 bits per heavy atom. The third kappa shape index (κ3) is 8.09. The molecule has 0 amide bonds. The number of ether oxygens (including phenoxy) is 4. The van der Waals surface area contributed by atoms with E-state index in [1.165, 1.54) is 60.7 Å². The summed E-state index contributed by atoms with van der Waals surface area (Å²) in [6.45, 7) is 0. The molecule has 0 saturated heterocycles. The fourth-order valence-corrected chi connectivity index (χ4v) is 11.8. The number of benzene rings is 8. The van der Waals surface area contributed by atoms with Gasteiger partial charge in [-0.1, -0.05) is 48.5 Å². The Labute approximate surface area is 433 Å². The first-order valence-electron chi connectivity index (χ1n) is 24.7. The van der Waals surface area contributed by atoms with Crippen molar-refractivity contribution >= 4 is 0 Å². The van der Waals surface area contributed by atoms with Crippen LogP contribution in [0, 0.1) is 0 Å². The Hall–Kier alpha value is -9.44. The minimum absolute atomic E-state index is 0.00735. The molecule has 0 spiro atoms. The molecule has 0 saturated carbocycles. The average molecular weight is 1030 g/mol. The second-order valence-electron chi connectivity index (χ2n) is 19.9. The fraction of sp³-hybridized carbons (Fsp3) is 0.200. The van der Waals surface area contributed by atoms with E-state index in [4.69, 9.17) is 18.9 Å². The second-order valence-corrected chi connectivity index (χ2v) is 19.9. The molecule has 0 aromatic heterocycles. The summed E-state index contributed by atoms with van der Waals surface area (Å²) in [5.41, 5.74) is 3.60. The quantitative estimate of drug-likeness (QED) is 0.0707. The van der Waals surface area contributed by atoms with Crippen molar-refractivity contribution < 1.29 is 80.2 Å². The van der Waals surface area contributed by atoms with Gasteiger partial charge in [0.05, 0.1) is 0 Å². The summed E-state index contributed by atoms with van der Waals surface area (Å²) >= 11 is 0. The molecule has 0 aliphatic carbocycles. The number of aromatic hydroxyl groups is 12. The van der Waals surface area contributed by atoms with E-state index in [0.29, 0.717) is 35.1 Å². The van der Waals surface area contributed by atoms with Gasteiger partial charge in [-0.25, -0.2) is 0 Å². The summed E-state index contributed by atoms with van der Waals surface area (Å²) in [7, 11) is 0. The summed E-state index contributed by atoms with van der Waals surface area (Å²) < 4.78 is 27.1. The maximum atomic E-state index is 12.5. The predicted molar refractivity (Wildman–Crippen MR) is 273 cm³/mol. The molecule has 4 aliphatic rings. The number of phenolic OH excluding ortho intramolecular Hbond substituents is 12. The largest absolute Gasteiger partial charge is 0.508 e. The molecule has 12 N–H and O–H groups in total. The van der Waals surface area contributed by atoms with Crippen LogP contribution in [-0.2, 0) is 6.42 Å². The Morgan fingerprint density at radius 3 is 1.01 bits per heavy atom. The van der Waals surface area contributed by atoms with Crippen LogP contribution in [0.25, 0.3) is 0 Å². The zero-order valence-corrected chi connectivity index (χ0v) is 40.2. The van der Waals surface area contributed by atoms with Gasteiger partial charge in [-0.05, 0) is 83.6 Å². The highest BCUT2D eigenvalue weighted by Crippen LogP contribution is 2.64. The lowest BCUT2D eigenvalue weighted by Gasteiger charge is -2.41. The molecule has 8 aromatic rings. The van der Waals surface area contributed by atoms with Crippen LogP contribution >= 0.6 is 0 Å². The first-order valence-corrected chi connectivity index (χ1v) is 24.7. The molecule has 16 heteroatoms. The third-order valence-corrected chi connectivity index (χ3v) is 15.3. The number of rotatable bonds is 7. The topological polar surface area (TPSA) is 280 Å². The van der Waals surface area contributed by atoms with Crippen LogP contribution in [-0.4, -0.2) is 61.3 Å².